The van der Waals surface area contributed by atoms with Crippen LogP contribution in [0.15, 0.2) is 72.8 Å². The minimum absolute atomic E-state index is 0.260. The summed E-state index contributed by atoms with van der Waals surface area (Å²) >= 11 is 0. The van der Waals surface area contributed by atoms with Gasteiger partial charge in [-0.25, -0.2) is 0 Å². The Morgan fingerprint density at radius 3 is 1.94 bits per heavy atom. The Hall–Kier alpha value is -2.61. The SMILES string of the molecule is CCN(CC)[P@@](Oc1ccc2ccccc2c1-c1c(O)ccc2ccccc12)[C]1[CH][CH][CH][CH]1. The maximum absolute atomic E-state index is 11.1. The van der Waals surface area contributed by atoms with Gasteiger partial charge in [-0.3, -0.25) is 4.67 Å². The van der Waals surface area contributed by atoms with Crippen LogP contribution in [0.4, 0.5) is 0 Å². The number of benzene rings is 4. The van der Waals surface area contributed by atoms with Crippen molar-refractivity contribution >= 4 is 29.8 Å². The third-order valence-corrected chi connectivity index (χ3v) is 8.27. The van der Waals surface area contributed by atoms with Gasteiger partial charge in [-0.05, 0) is 59.4 Å². The molecular weight excluding hydrogens is 425 g/mol. The van der Waals surface area contributed by atoms with Crippen molar-refractivity contribution in [1.29, 1.82) is 0 Å². The Kier molecular flexibility index (Phi) is 6.53. The number of hydrogen-bond donors (Lipinski definition) is 1. The second-order valence-corrected chi connectivity index (χ2v) is 9.80. The van der Waals surface area contributed by atoms with Crippen molar-refractivity contribution in [2.24, 2.45) is 0 Å². The Labute approximate surface area is 197 Å². The van der Waals surface area contributed by atoms with Crippen molar-refractivity contribution < 1.29 is 9.63 Å². The number of hydrogen-bond acceptors (Lipinski definition) is 3. The average molecular weight is 453 g/mol. The van der Waals surface area contributed by atoms with E-state index in [-0.39, 0.29) is 5.75 Å². The van der Waals surface area contributed by atoms with E-state index < -0.39 is 8.30 Å². The van der Waals surface area contributed by atoms with Gasteiger partial charge in [-0.15, -0.1) is 0 Å². The molecule has 4 aromatic carbocycles. The van der Waals surface area contributed by atoms with E-state index in [2.05, 4.69) is 80.6 Å². The molecule has 5 radical (unpaired) electrons. The predicted molar refractivity (Wildman–Crippen MR) is 139 cm³/mol. The van der Waals surface area contributed by atoms with Crippen LogP contribution in [0.25, 0.3) is 32.7 Å². The third-order valence-electron chi connectivity index (χ3n) is 6.09. The summed E-state index contributed by atoms with van der Waals surface area (Å²) in [5.74, 6) is 1.05. The van der Waals surface area contributed by atoms with Crippen LogP contribution in [0.5, 0.6) is 11.5 Å². The van der Waals surface area contributed by atoms with Crippen molar-refractivity contribution in [3.8, 4) is 22.6 Å². The first-order chi connectivity index (χ1) is 16.2. The summed E-state index contributed by atoms with van der Waals surface area (Å²) in [6, 6.07) is 24.4. The highest BCUT2D eigenvalue weighted by Crippen LogP contribution is 2.58. The molecule has 0 spiro atoms. The lowest BCUT2D eigenvalue weighted by atomic mass is 9.92. The van der Waals surface area contributed by atoms with Crippen molar-refractivity contribution in [3.63, 3.8) is 0 Å². The molecule has 33 heavy (non-hydrogen) atoms. The summed E-state index contributed by atoms with van der Waals surface area (Å²) in [6.07, 6.45) is 8.41. The molecule has 1 N–H and O–H groups in total. The summed E-state index contributed by atoms with van der Waals surface area (Å²) in [7, 11) is -1.02. The Morgan fingerprint density at radius 1 is 0.727 bits per heavy atom. The molecule has 4 aromatic rings. The lowest BCUT2D eigenvalue weighted by molar-refractivity contribution is 0.448. The monoisotopic (exact) mass is 452 g/mol. The van der Waals surface area contributed by atoms with Crippen LogP contribution in [-0.4, -0.2) is 22.9 Å². The molecule has 5 rings (SSSR count). The lowest BCUT2D eigenvalue weighted by Crippen LogP contribution is -2.22. The maximum atomic E-state index is 11.1. The minimum Gasteiger partial charge on any atom is -0.507 e. The van der Waals surface area contributed by atoms with Crippen LogP contribution >= 0.6 is 8.30 Å². The highest BCUT2D eigenvalue weighted by Gasteiger charge is 2.34. The molecule has 0 unspecified atom stereocenters. The van der Waals surface area contributed by atoms with Gasteiger partial charge >= 0.3 is 0 Å². The van der Waals surface area contributed by atoms with Crippen molar-refractivity contribution in [2.45, 2.75) is 13.8 Å². The fourth-order valence-corrected chi connectivity index (χ4v) is 6.27. The summed E-state index contributed by atoms with van der Waals surface area (Å²) in [5.41, 5.74) is 2.94. The first kappa shape index (κ1) is 22.2. The van der Waals surface area contributed by atoms with Crippen LogP contribution < -0.4 is 4.52 Å². The van der Waals surface area contributed by atoms with Crippen LogP contribution in [0.1, 0.15) is 13.8 Å². The van der Waals surface area contributed by atoms with Gasteiger partial charge in [0, 0.05) is 24.2 Å². The van der Waals surface area contributed by atoms with Crippen LogP contribution in [0, 0.1) is 31.3 Å². The van der Waals surface area contributed by atoms with E-state index >= 15 is 0 Å². The molecule has 0 saturated heterocycles. The first-order valence-electron chi connectivity index (χ1n) is 11.4. The molecule has 1 saturated carbocycles. The molecule has 1 fully saturated rings. The fraction of sp³-hybridized carbons (Fsp3) is 0.138. The molecule has 1 aliphatic rings. The van der Waals surface area contributed by atoms with E-state index in [0.717, 1.165) is 51.5 Å². The standard InChI is InChI=1S/C29H27NO2P/c1-3-30(4-2)33(23-13-7-8-14-23)32-27-20-18-22-12-6-10-16-25(22)29(27)28-24-15-9-5-11-21(24)17-19-26(28)31/h5-20,31H,3-4H2,1-2H3/t33-/m0/s1. The zero-order valence-electron chi connectivity index (χ0n) is 18.9. The van der Waals surface area contributed by atoms with Crippen molar-refractivity contribution in [3.05, 3.63) is 104 Å². The largest absolute Gasteiger partial charge is 0.507 e. The number of phenols is 1. The molecule has 1 atom stereocenters. The summed E-state index contributed by atoms with van der Waals surface area (Å²) in [5, 5.41) is 15.4. The number of fused-ring (bicyclic) bond motifs is 2. The lowest BCUT2D eigenvalue weighted by Gasteiger charge is -2.33. The maximum Gasteiger partial charge on any atom is 0.172 e. The summed E-state index contributed by atoms with van der Waals surface area (Å²) in [4.78, 5) is 0. The molecule has 1 aliphatic carbocycles. The fourth-order valence-electron chi connectivity index (χ4n) is 4.45. The summed E-state index contributed by atoms with van der Waals surface area (Å²) < 4.78 is 9.25. The van der Waals surface area contributed by atoms with E-state index in [1.807, 2.05) is 30.3 Å². The molecule has 4 heteroatoms. The second-order valence-electron chi connectivity index (χ2n) is 7.99. The molecule has 0 heterocycles. The first-order valence-corrected chi connectivity index (χ1v) is 12.6. The van der Waals surface area contributed by atoms with Gasteiger partial charge in [-0.2, -0.15) is 0 Å². The minimum atomic E-state index is -1.02. The number of phenolic OH excluding ortho intramolecular Hbond substituents is 1. The van der Waals surface area contributed by atoms with Crippen molar-refractivity contribution in [2.75, 3.05) is 13.1 Å². The van der Waals surface area contributed by atoms with E-state index in [0.29, 0.717) is 0 Å². The molecule has 0 amide bonds. The zero-order chi connectivity index (χ0) is 22.8. The topological polar surface area (TPSA) is 32.7 Å². The van der Waals surface area contributed by atoms with Gasteiger partial charge in [0.15, 0.2) is 8.30 Å². The molecular formula is C29H27NO2P. The third kappa shape index (κ3) is 4.21. The quantitative estimate of drug-likeness (QED) is 0.291. The molecule has 165 valence electrons. The van der Waals surface area contributed by atoms with Crippen LogP contribution in [0.3, 0.4) is 0 Å². The number of rotatable bonds is 7. The Bertz CT molecular complexity index is 1260. The van der Waals surface area contributed by atoms with Gasteiger partial charge in [0.25, 0.3) is 0 Å². The second kappa shape index (κ2) is 9.71. The number of nitrogens with zero attached hydrogens (tertiary/aromatic N) is 1. The van der Waals surface area contributed by atoms with Gasteiger partial charge in [0.2, 0.25) is 0 Å². The van der Waals surface area contributed by atoms with E-state index in [1.54, 1.807) is 6.07 Å². The van der Waals surface area contributed by atoms with Crippen LogP contribution in [0.2, 0.25) is 0 Å². The number of aromatic hydroxyl groups is 1. The highest BCUT2D eigenvalue weighted by atomic mass is 31.2. The van der Waals surface area contributed by atoms with E-state index in [4.69, 9.17) is 4.52 Å². The smallest absolute Gasteiger partial charge is 0.172 e. The van der Waals surface area contributed by atoms with Gasteiger partial charge in [0.05, 0.1) is 5.66 Å². The highest BCUT2D eigenvalue weighted by molar-refractivity contribution is 7.54. The van der Waals surface area contributed by atoms with Crippen molar-refractivity contribution in [1.82, 2.24) is 4.67 Å². The van der Waals surface area contributed by atoms with Crippen LogP contribution in [-0.2, 0) is 0 Å². The molecule has 0 aromatic heterocycles. The van der Waals surface area contributed by atoms with Gasteiger partial charge in [0.1, 0.15) is 11.5 Å². The molecule has 0 aliphatic heterocycles. The zero-order valence-corrected chi connectivity index (χ0v) is 19.8. The van der Waals surface area contributed by atoms with Gasteiger partial charge in [-0.1, -0.05) is 74.5 Å². The Morgan fingerprint density at radius 2 is 1.30 bits per heavy atom. The van der Waals surface area contributed by atoms with E-state index in [1.165, 1.54) is 5.66 Å². The predicted octanol–water partition coefficient (Wildman–Crippen LogP) is 7.76. The summed E-state index contributed by atoms with van der Waals surface area (Å²) in [6.45, 7) is 6.14. The molecule has 0 bridgehead atoms. The van der Waals surface area contributed by atoms with Gasteiger partial charge < -0.3 is 9.63 Å². The van der Waals surface area contributed by atoms with E-state index in [9.17, 15) is 5.11 Å². The average Bonchev–Trinajstić information content (AvgIpc) is 3.39. The normalized spacial score (nSPS) is 15.5. The Balaban J connectivity index is 1.73. The molecule has 3 nitrogen and oxygen atoms in total.